The second-order valence-electron chi connectivity index (χ2n) is 6.70. The maximum Gasteiger partial charge on any atom is 0.150 e. The van der Waals surface area contributed by atoms with Crippen LogP contribution in [0.4, 0.5) is 0 Å². The van der Waals surface area contributed by atoms with Gasteiger partial charge in [0.25, 0.3) is 0 Å². The molecule has 120 valence electrons. The fourth-order valence-corrected chi connectivity index (χ4v) is 3.81. The molecule has 23 heavy (non-hydrogen) atoms. The number of carbonyl (C=O) groups is 1. The van der Waals surface area contributed by atoms with Gasteiger partial charge in [-0.25, -0.2) is 0 Å². The minimum atomic E-state index is 0.244. The van der Waals surface area contributed by atoms with E-state index in [0.717, 1.165) is 17.6 Å². The molecule has 2 aromatic carbocycles. The Kier molecular flexibility index (Phi) is 6.53. The normalized spacial score (nSPS) is 11.4. The predicted molar refractivity (Wildman–Crippen MR) is 104 cm³/mol. The molecule has 0 spiro atoms. The van der Waals surface area contributed by atoms with Crippen LogP contribution in [0.2, 0.25) is 0 Å². The molecule has 0 saturated carbocycles. The number of carbonyl (C=O) groups excluding carboxylic acids is 1. The number of rotatable bonds is 8. The summed E-state index contributed by atoms with van der Waals surface area (Å²) in [6.45, 7) is 4.66. The molecule has 0 aliphatic heterocycles. The van der Waals surface area contributed by atoms with E-state index in [4.69, 9.17) is 0 Å². The van der Waals surface area contributed by atoms with Gasteiger partial charge in [-0.15, -0.1) is 11.8 Å². The Bertz CT molecular complexity index is 637. The second-order valence-corrected chi connectivity index (χ2v) is 7.84. The van der Waals surface area contributed by atoms with Gasteiger partial charge in [-0.2, -0.15) is 0 Å². The van der Waals surface area contributed by atoms with Crippen LogP contribution in [0.1, 0.15) is 49.0 Å². The van der Waals surface area contributed by atoms with E-state index in [1.165, 1.54) is 35.2 Å². The Morgan fingerprint density at radius 2 is 1.83 bits per heavy atom. The highest BCUT2D eigenvalue weighted by Crippen LogP contribution is 2.29. The van der Waals surface area contributed by atoms with Crippen LogP contribution in [-0.2, 0) is 5.41 Å². The summed E-state index contributed by atoms with van der Waals surface area (Å²) < 4.78 is 0. The summed E-state index contributed by atoms with van der Waals surface area (Å²) in [5.41, 5.74) is 3.63. The van der Waals surface area contributed by atoms with Gasteiger partial charge in [0.1, 0.15) is 14.1 Å². The van der Waals surface area contributed by atoms with E-state index in [2.05, 4.69) is 58.1 Å². The smallest absolute Gasteiger partial charge is 0.150 e. The lowest BCUT2D eigenvalue weighted by molar-refractivity contribution is 0.112. The fraction of sp³-hybridized carbons (Fsp3) is 0.350. The van der Waals surface area contributed by atoms with Gasteiger partial charge in [0, 0.05) is 10.5 Å². The first-order chi connectivity index (χ1) is 11.0. The standard InChI is InChI=1S/C20H25BOS/c1-20(2,17-8-4-3-5-9-17)12-6-7-13-23-19-11-10-16(15-22)14-18(19)21/h3-5,8-11,14-15H,6-7,12-13,21H2,1-2H3. The maximum atomic E-state index is 10.8. The van der Waals surface area contributed by atoms with Crippen molar-refractivity contribution in [3.05, 3.63) is 59.7 Å². The molecule has 0 bridgehead atoms. The number of unbranched alkanes of at least 4 members (excludes halogenated alkanes) is 1. The van der Waals surface area contributed by atoms with Crippen LogP contribution in [0.15, 0.2) is 53.4 Å². The zero-order chi connectivity index (χ0) is 16.7. The molecule has 0 heterocycles. The lowest BCUT2D eigenvalue weighted by atomic mass is 9.80. The van der Waals surface area contributed by atoms with Crippen LogP contribution in [0.5, 0.6) is 0 Å². The molecular weight excluding hydrogens is 299 g/mol. The molecular formula is C20H25BOS. The Balaban J connectivity index is 1.77. The van der Waals surface area contributed by atoms with E-state index < -0.39 is 0 Å². The number of thioether (sulfide) groups is 1. The maximum absolute atomic E-state index is 10.8. The molecule has 0 aliphatic carbocycles. The lowest BCUT2D eigenvalue weighted by Crippen LogP contribution is -2.16. The molecule has 0 N–H and O–H groups in total. The van der Waals surface area contributed by atoms with Crippen LogP contribution in [-0.4, -0.2) is 19.9 Å². The van der Waals surface area contributed by atoms with Crippen molar-refractivity contribution in [1.29, 1.82) is 0 Å². The van der Waals surface area contributed by atoms with E-state index in [-0.39, 0.29) is 5.41 Å². The summed E-state index contributed by atoms with van der Waals surface area (Å²) in [5, 5.41) is 0. The molecule has 2 rings (SSSR count). The third-order valence-corrected chi connectivity index (χ3v) is 5.61. The minimum Gasteiger partial charge on any atom is -0.298 e. The summed E-state index contributed by atoms with van der Waals surface area (Å²) >= 11 is 1.90. The Morgan fingerprint density at radius 3 is 2.48 bits per heavy atom. The largest absolute Gasteiger partial charge is 0.298 e. The molecule has 0 fully saturated rings. The number of benzene rings is 2. The molecule has 0 atom stereocenters. The number of hydrogen-bond donors (Lipinski definition) is 0. The van der Waals surface area contributed by atoms with E-state index in [1.54, 1.807) is 0 Å². The van der Waals surface area contributed by atoms with E-state index in [0.29, 0.717) is 0 Å². The first kappa shape index (κ1) is 17.9. The summed E-state index contributed by atoms with van der Waals surface area (Å²) in [5.74, 6) is 1.13. The average Bonchev–Trinajstić information content (AvgIpc) is 2.56. The second kappa shape index (κ2) is 8.40. The van der Waals surface area contributed by atoms with Crippen LogP contribution in [0, 0.1) is 0 Å². The lowest BCUT2D eigenvalue weighted by Gasteiger charge is -2.25. The molecule has 0 aliphatic rings. The first-order valence-corrected chi connectivity index (χ1v) is 9.26. The zero-order valence-electron chi connectivity index (χ0n) is 14.3. The van der Waals surface area contributed by atoms with Gasteiger partial charge in [-0.1, -0.05) is 68.2 Å². The quantitative estimate of drug-likeness (QED) is 0.316. The van der Waals surface area contributed by atoms with Crippen molar-refractivity contribution < 1.29 is 4.79 Å². The molecule has 0 radical (unpaired) electrons. The predicted octanol–water partition coefficient (Wildman–Crippen LogP) is 4.00. The molecule has 1 nitrogen and oxygen atoms in total. The van der Waals surface area contributed by atoms with Gasteiger partial charge in [-0.3, -0.25) is 4.79 Å². The minimum absolute atomic E-state index is 0.244. The van der Waals surface area contributed by atoms with Gasteiger partial charge >= 0.3 is 0 Å². The van der Waals surface area contributed by atoms with Crippen molar-refractivity contribution in [2.45, 2.75) is 43.4 Å². The van der Waals surface area contributed by atoms with E-state index in [9.17, 15) is 4.79 Å². The van der Waals surface area contributed by atoms with Gasteiger partial charge in [-0.05, 0) is 35.6 Å². The highest BCUT2D eigenvalue weighted by Gasteiger charge is 2.19. The zero-order valence-corrected chi connectivity index (χ0v) is 15.2. The van der Waals surface area contributed by atoms with E-state index in [1.807, 2.05) is 23.9 Å². The van der Waals surface area contributed by atoms with Crippen molar-refractivity contribution in [3.63, 3.8) is 0 Å². The Hall–Kier alpha value is -1.48. The number of aldehydes is 1. The molecule has 0 aromatic heterocycles. The summed E-state index contributed by atoms with van der Waals surface area (Å²) in [7, 11) is 2.08. The summed E-state index contributed by atoms with van der Waals surface area (Å²) in [6, 6.07) is 16.7. The van der Waals surface area contributed by atoms with Crippen molar-refractivity contribution >= 4 is 31.4 Å². The first-order valence-electron chi connectivity index (χ1n) is 8.27. The van der Waals surface area contributed by atoms with Crippen LogP contribution in [0.25, 0.3) is 0 Å². The van der Waals surface area contributed by atoms with Crippen LogP contribution >= 0.6 is 11.8 Å². The van der Waals surface area contributed by atoms with Gasteiger partial charge in [0.15, 0.2) is 0 Å². The molecule has 0 unspecified atom stereocenters. The number of hydrogen-bond acceptors (Lipinski definition) is 2. The van der Waals surface area contributed by atoms with Crippen LogP contribution in [0.3, 0.4) is 0 Å². The van der Waals surface area contributed by atoms with Gasteiger partial charge in [0.2, 0.25) is 0 Å². The monoisotopic (exact) mass is 324 g/mol. The van der Waals surface area contributed by atoms with Crippen LogP contribution < -0.4 is 5.46 Å². The molecule has 3 heteroatoms. The fourth-order valence-electron chi connectivity index (χ4n) is 2.79. The SMILES string of the molecule is Bc1cc(C=O)ccc1SCCCCC(C)(C)c1ccccc1. The van der Waals surface area contributed by atoms with Crippen molar-refractivity contribution in [3.8, 4) is 0 Å². The topological polar surface area (TPSA) is 17.1 Å². The highest BCUT2D eigenvalue weighted by molar-refractivity contribution is 7.99. The third-order valence-electron chi connectivity index (χ3n) is 4.34. The third kappa shape index (κ3) is 5.28. The van der Waals surface area contributed by atoms with Crippen molar-refractivity contribution in [1.82, 2.24) is 0 Å². The molecule has 2 aromatic rings. The van der Waals surface area contributed by atoms with Gasteiger partial charge in [0.05, 0.1) is 0 Å². The Labute approximate surface area is 145 Å². The van der Waals surface area contributed by atoms with Gasteiger partial charge < -0.3 is 0 Å². The summed E-state index contributed by atoms with van der Waals surface area (Å²) in [4.78, 5) is 12.1. The molecule has 0 saturated heterocycles. The molecule has 0 amide bonds. The van der Waals surface area contributed by atoms with Crippen molar-refractivity contribution in [2.75, 3.05) is 5.75 Å². The average molecular weight is 324 g/mol. The Morgan fingerprint density at radius 1 is 1.09 bits per heavy atom. The highest BCUT2D eigenvalue weighted by atomic mass is 32.2. The van der Waals surface area contributed by atoms with Crippen molar-refractivity contribution in [2.24, 2.45) is 0 Å². The van der Waals surface area contributed by atoms with E-state index >= 15 is 0 Å². The summed E-state index contributed by atoms with van der Waals surface area (Å²) in [6.07, 6.45) is 4.57.